The van der Waals surface area contributed by atoms with Gasteiger partial charge in [0.1, 0.15) is 16.9 Å². The van der Waals surface area contributed by atoms with Crippen LogP contribution in [0.2, 0.25) is 5.15 Å². The Balaban J connectivity index is 1.60. The lowest BCUT2D eigenvalue weighted by atomic mass is 10.1. The Kier molecular flexibility index (Phi) is 9.21. The third kappa shape index (κ3) is 6.66. The second-order valence-corrected chi connectivity index (χ2v) is 8.37. The van der Waals surface area contributed by atoms with Crippen LogP contribution in [0.4, 0.5) is 4.79 Å². The first-order valence-corrected chi connectivity index (χ1v) is 11.9. The van der Waals surface area contributed by atoms with Gasteiger partial charge in [-0.15, -0.1) is 0 Å². The molecular weight excluding hydrogens is 458 g/mol. The van der Waals surface area contributed by atoms with Gasteiger partial charge in [-0.3, -0.25) is 9.59 Å². The van der Waals surface area contributed by atoms with E-state index < -0.39 is 11.9 Å². The molecule has 0 radical (unpaired) electrons. The fourth-order valence-electron chi connectivity index (χ4n) is 3.55. The van der Waals surface area contributed by atoms with Gasteiger partial charge in [-0.1, -0.05) is 62.2 Å². The Labute approximate surface area is 204 Å². The summed E-state index contributed by atoms with van der Waals surface area (Å²) in [4.78, 5) is 49.9. The number of hydrogen-bond acceptors (Lipinski definition) is 6. The second-order valence-electron chi connectivity index (χ2n) is 7.98. The predicted molar refractivity (Wildman–Crippen MR) is 128 cm³/mol. The van der Waals surface area contributed by atoms with E-state index in [4.69, 9.17) is 16.3 Å². The van der Waals surface area contributed by atoms with Crippen molar-refractivity contribution in [2.45, 2.75) is 39.2 Å². The third-order valence-corrected chi connectivity index (χ3v) is 5.74. The van der Waals surface area contributed by atoms with Crippen LogP contribution in [0.3, 0.4) is 0 Å². The molecule has 0 bridgehead atoms. The Morgan fingerprint density at radius 3 is 2.38 bits per heavy atom. The maximum Gasteiger partial charge on any atom is 0.409 e. The Morgan fingerprint density at radius 1 is 1.06 bits per heavy atom. The van der Waals surface area contributed by atoms with Crippen molar-refractivity contribution in [3.63, 3.8) is 0 Å². The minimum atomic E-state index is -0.718. The molecule has 3 rings (SSSR count). The topological polar surface area (TPSA) is 105 Å². The van der Waals surface area contributed by atoms with Crippen LogP contribution in [-0.2, 0) is 9.53 Å². The molecule has 2 aromatic rings. The molecule has 0 spiro atoms. The van der Waals surface area contributed by atoms with Crippen molar-refractivity contribution < 1.29 is 19.1 Å². The highest BCUT2D eigenvalue weighted by Gasteiger charge is 2.30. The zero-order chi connectivity index (χ0) is 24.5. The van der Waals surface area contributed by atoms with Crippen LogP contribution in [-0.4, -0.2) is 76.5 Å². The summed E-state index contributed by atoms with van der Waals surface area (Å²) in [5, 5.41) is 2.91. The van der Waals surface area contributed by atoms with Crippen molar-refractivity contribution in [2.75, 3.05) is 32.8 Å². The standard InChI is InChI=1S/C24H30ClN5O4/c1-3-5-15-34-24(33)30-13-11-29(12-14-30)23(32)18(4-2)27-22(31)19-16-20(25)28-21(26-19)17-9-7-6-8-10-17/h6-10,16,18H,3-5,11-15H2,1-2H3,(H,27,31). The molecule has 1 unspecified atom stereocenters. The number of halogens is 1. The van der Waals surface area contributed by atoms with E-state index in [-0.39, 0.29) is 22.8 Å². The van der Waals surface area contributed by atoms with Crippen molar-refractivity contribution in [3.05, 3.63) is 47.2 Å². The lowest BCUT2D eigenvalue weighted by Gasteiger charge is -2.35. The summed E-state index contributed by atoms with van der Waals surface area (Å²) in [6, 6.07) is 9.86. The quantitative estimate of drug-likeness (QED) is 0.452. The van der Waals surface area contributed by atoms with Gasteiger partial charge in [0, 0.05) is 37.8 Å². The van der Waals surface area contributed by atoms with Crippen LogP contribution in [0.25, 0.3) is 11.4 Å². The normalized spacial score (nSPS) is 14.4. The van der Waals surface area contributed by atoms with Crippen molar-refractivity contribution in [3.8, 4) is 11.4 Å². The first-order valence-electron chi connectivity index (χ1n) is 11.5. The van der Waals surface area contributed by atoms with E-state index in [0.717, 1.165) is 18.4 Å². The van der Waals surface area contributed by atoms with Gasteiger partial charge < -0.3 is 19.9 Å². The molecule has 1 atom stereocenters. The Bertz CT molecular complexity index is 996. The van der Waals surface area contributed by atoms with Gasteiger partial charge in [0.25, 0.3) is 5.91 Å². The van der Waals surface area contributed by atoms with Crippen molar-refractivity contribution >= 4 is 29.5 Å². The minimum Gasteiger partial charge on any atom is -0.449 e. The smallest absolute Gasteiger partial charge is 0.409 e. The van der Waals surface area contributed by atoms with Crippen LogP contribution in [0.1, 0.15) is 43.6 Å². The largest absolute Gasteiger partial charge is 0.449 e. The van der Waals surface area contributed by atoms with E-state index in [1.807, 2.05) is 44.2 Å². The summed E-state index contributed by atoms with van der Waals surface area (Å²) in [5.41, 5.74) is 0.818. The van der Waals surface area contributed by atoms with E-state index >= 15 is 0 Å². The van der Waals surface area contributed by atoms with E-state index in [2.05, 4.69) is 15.3 Å². The highest BCUT2D eigenvalue weighted by Crippen LogP contribution is 2.18. The molecule has 1 aromatic heterocycles. The van der Waals surface area contributed by atoms with Crippen LogP contribution in [0, 0.1) is 0 Å². The average molecular weight is 488 g/mol. The average Bonchev–Trinajstić information content (AvgIpc) is 2.87. The SMILES string of the molecule is CCCCOC(=O)N1CCN(C(=O)C(CC)NC(=O)c2cc(Cl)nc(-c3ccccc3)n2)CC1. The van der Waals surface area contributed by atoms with Gasteiger partial charge in [-0.25, -0.2) is 14.8 Å². The lowest BCUT2D eigenvalue weighted by Crippen LogP contribution is -2.55. The maximum absolute atomic E-state index is 13.1. The number of hydrogen-bond donors (Lipinski definition) is 1. The number of carbonyl (C=O) groups is 3. The van der Waals surface area contributed by atoms with E-state index in [9.17, 15) is 14.4 Å². The lowest BCUT2D eigenvalue weighted by molar-refractivity contribution is -0.134. The molecular formula is C24H30ClN5O4. The molecule has 0 aliphatic carbocycles. The molecule has 0 saturated carbocycles. The molecule has 182 valence electrons. The highest BCUT2D eigenvalue weighted by atomic mass is 35.5. The molecule has 3 amide bonds. The number of unbranched alkanes of at least 4 members (excludes halogenated alkanes) is 1. The van der Waals surface area contributed by atoms with Crippen molar-refractivity contribution in [1.29, 1.82) is 0 Å². The van der Waals surface area contributed by atoms with Crippen LogP contribution < -0.4 is 5.32 Å². The fraction of sp³-hybridized carbons (Fsp3) is 0.458. The van der Waals surface area contributed by atoms with Gasteiger partial charge in [0.15, 0.2) is 5.82 Å². The molecule has 9 nitrogen and oxygen atoms in total. The monoisotopic (exact) mass is 487 g/mol. The maximum atomic E-state index is 13.1. The molecule has 10 heteroatoms. The van der Waals surface area contributed by atoms with Gasteiger partial charge in [-0.05, 0) is 12.8 Å². The van der Waals surface area contributed by atoms with Gasteiger partial charge in [0.2, 0.25) is 5.91 Å². The summed E-state index contributed by atoms with van der Waals surface area (Å²) >= 11 is 6.13. The number of ether oxygens (including phenoxy) is 1. The molecule has 1 N–H and O–H groups in total. The minimum absolute atomic E-state index is 0.0877. The number of nitrogens with zero attached hydrogens (tertiary/aromatic N) is 4. The number of carbonyl (C=O) groups excluding carboxylic acids is 3. The summed E-state index contributed by atoms with van der Waals surface area (Å²) in [6.07, 6.45) is 1.84. The first kappa shape index (κ1) is 25.4. The molecule has 1 aromatic carbocycles. The number of benzene rings is 1. The number of aromatic nitrogens is 2. The zero-order valence-corrected chi connectivity index (χ0v) is 20.3. The number of nitrogens with one attached hydrogen (secondary N) is 1. The molecule has 1 saturated heterocycles. The molecule has 2 heterocycles. The van der Waals surface area contributed by atoms with Crippen LogP contribution in [0.5, 0.6) is 0 Å². The number of rotatable bonds is 8. The first-order chi connectivity index (χ1) is 16.4. The van der Waals surface area contributed by atoms with E-state index in [0.29, 0.717) is 45.0 Å². The predicted octanol–water partition coefficient (Wildman–Crippen LogP) is 3.39. The molecule has 1 aliphatic heterocycles. The van der Waals surface area contributed by atoms with Crippen LogP contribution in [0.15, 0.2) is 36.4 Å². The molecule has 1 fully saturated rings. The summed E-state index contributed by atoms with van der Waals surface area (Å²) in [5.74, 6) is -0.363. The van der Waals surface area contributed by atoms with Crippen LogP contribution >= 0.6 is 11.6 Å². The second kappa shape index (κ2) is 12.3. The van der Waals surface area contributed by atoms with Crippen molar-refractivity contribution in [1.82, 2.24) is 25.1 Å². The third-order valence-electron chi connectivity index (χ3n) is 5.54. The zero-order valence-electron chi connectivity index (χ0n) is 19.5. The molecule has 34 heavy (non-hydrogen) atoms. The van der Waals surface area contributed by atoms with Crippen molar-refractivity contribution in [2.24, 2.45) is 0 Å². The fourth-order valence-corrected chi connectivity index (χ4v) is 3.73. The number of piperazine rings is 1. The Hall–Kier alpha value is -3.20. The molecule has 1 aliphatic rings. The van der Waals surface area contributed by atoms with Gasteiger partial charge >= 0.3 is 6.09 Å². The summed E-state index contributed by atoms with van der Waals surface area (Å²) in [7, 11) is 0. The van der Waals surface area contributed by atoms with E-state index in [1.165, 1.54) is 6.07 Å². The Morgan fingerprint density at radius 2 is 1.74 bits per heavy atom. The van der Waals surface area contributed by atoms with Gasteiger partial charge in [-0.2, -0.15) is 0 Å². The summed E-state index contributed by atoms with van der Waals surface area (Å²) < 4.78 is 5.24. The summed E-state index contributed by atoms with van der Waals surface area (Å²) in [6.45, 7) is 5.80. The number of amides is 3. The van der Waals surface area contributed by atoms with Gasteiger partial charge in [0.05, 0.1) is 6.61 Å². The van der Waals surface area contributed by atoms with E-state index in [1.54, 1.807) is 9.80 Å². The highest BCUT2D eigenvalue weighted by molar-refractivity contribution is 6.29.